The summed E-state index contributed by atoms with van der Waals surface area (Å²) >= 11 is 5.87. The number of amides is 1. The van der Waals surface area contributed by atoms with E-state index in [1.54, 1.807) is 0 Å². The molecule has 2 N–H and O–H groups in total. The molecule has 22 heavy (non-hydrogen) atoms. The first-order chi connectivity index (χ1) is 10.7. The van der Waals surface area contributed by atoms with Gasteiger partial charge >= 0.3 is 0 Å². The Labute approximate surface area is 134 Å². The molecular formula is C16H19ClN4O. The van der Waals surface area contributed by atoms with E-state index < -0.39 is 0 Å². The van der Waals surface area contributed by atoms with Gasteiger partial charge in [-0.25, -0.2) is 0 Å². The van der Waals surface area contributed by atoms with Gasteiger partial charge in [-0.05, 0) is 43.6 Å². The van der Waals surface area contributed by atoms with E-state index in [0.717, 1.165) is 12.2 Å². The minimum atomic E-state index is -0.286. The van der Waals surface area contributed by atoms with E-state index in [1.807, 2.05) is 12.1 Å². The first kappa shape index (κ1) is 15.1. The Bertz CT molecular complexity index is 632. The summed E-state index contributed by atoms with van der Waals surface area (Å²) in [6, 6.07) is 7.94. The fraction of sp³-hybridized carbons (Fsp3) is 0.375. The van der Waals surface area contributed by atoms with Crippen LogP contribution >= 0.6 is 11.6 Å². The van der Waals surface area contributed by atoms with Gasteiger partial charge in [0.1, 0.15) is 5.69 Å². The Morgan fingerprint density at radius 1 is 1.23 bits per heavy atom. The molecule has 0 radical (unpaired) electrons. The van der Waals surface area contributed by atoms with Gasteiger partial charge < -0.3 is 5.32 Å². The molecule has 1 fully saturated rings. The molecule has 0 saturated carbocycles. The minimum absolute atomic E-state index is 0.277. The molecule has 1 saturated heterocycles. The third kappa shape index (κ3) is 3.67. The number of hydrogen-bond acceptors (Lipinski definition) is 3. The second-order valence-corrected chi connectivity index (χ2v) is 5.99. The number of anilines is 1. The topological polar surface area (TPSA) is 61.0 Å². The Morgan fingerprint density at radius 2 is 1.95 bits per heavy atom. The molecule has 3 rings (SSSR count). The van der Waals surface area contributed by atoms with Crippen molar-refractivity contribution in [3.8, 4) is 0 Å². The number of likely N-dealkylation sites (tertiary alicyclic amines) is 1. The average Bonchev–Trinajstić information content (AvgIpc) is 2.96. The number of nitrogens with one attached hydrogen (secondary N) is 2. The van der Waals surface area contributed by atoms with E-state index >= 15 is 0 Å². The zero-order valence-electron chi connectivity index (χ0n) is 12.3. The van der Waals surface area contributed by atoms with E-state index in [0.29, 0.717) is 5.02 Å². The predicted octanol–water partition coefficient (Wildman–Crippen LogP) is 3.30. The van der Waals surface area contributed by atoms with Crippen molar-refractivity contribution in [3.63, 3.8) is 0 Å². The minimum Gasteiger partial charge on any atom is -0.321 e. The van der Waals surface area contributed by atoms with Crippen LogP contribution in [-0.2, 0) is 6.54 Å². The monoisotopic (exact) mass is 318 g/mol. The first-order valence-corrected chi connectivity index (χ1v) is 7.92. The maximum Gasteiger partial charge on any atom is 0.275 e. The molecule has 0 atom stereocenters. The second-order valence-electron chi connectivity index (χ2n) is 5.58. The highest BCUT2D eigenvalue weighted by atomic mass is 35.5. The highest BCUT2D eigenvalue weighted by molar-refractivity contribution is 6.34. The molecule has 1 aliphatic rings. The molecule has 1 aromatic heterocycles. The van der Waals surface area contributed by atoms with E-state index in [4.69, 9.17) is 11.6 Å². The summed E-state index contributed by atoms with van der Waals surface area (Å²) in [6.45, 7) is 3.33. The van der Waals surface area contributed by atoms with Crippen molar-refractivity contribution in [2.45, 2.75) is 25.8 Å². The lowest BCUT2D eigenvalue weighted by Gasteiger charge is -2.26. The Balaban J connectivity index is 1.59. The van der Waals surface area contributed by atoms with Gasteiger partial charge in [-0.15, -0.1) is 0 Å². The van der Waals surface area contributed by atoms with Gasteiger partial charge in [0.15, 0.2) is 0 Å². The zero-order valence-corrected chi connectivity index (χ0v) is 13.1. The van der Waals surface area contributed by atoms with E-state index in [9.17, 15) is 4.79 Å². The van der Waals surface area contributed by atoms with Gasteiger partial charge in [-0.3, -0.25) is 14.8 Å². The Morgan fingerprint density at radius 3 is 2.59 bits per heavy atom. The van der Waals surface area contributed by atoms with Crippen LogP contribution < -0.4 is 5.32 Å². The zero-order chi connectivity index (χ0) is 15.4. The smallest absolute Gasteiger partial charge is 0.275 e. The van der Waals surface area contributed by atoms with Crippen molar-refractivity contribution in [1.29, 1.82) is 0 Å². The summed E-state index contributed by atoms with van der Waals surface area (Å²) in [5.41, 5.74) is 2.29. The molecule has 1 amide bonds. The van der Waals surface area contributed by atoms with Gasteiger partial charge in [0.25, 0.3) is 5.91 Å². The fourth-order valence-electron chi connectivity index (χ4n) is 2.69. The quantitative estimate of drug-likeness (QED) is 0.909. The van der Waals surface area contributed by atoms with Gasteiger partial charge in [0, 0.05) is 12.2 Å². The summed E-state index contributed by atoms with van der Waals surface area (Å²) in [5.74, 6) is -0.286. The predicted molar refractivity (Wildman–Crippen MR) is 87.1 cm³/mol. The van der Waals surface area contributed by atoms with Crippen LogP contribution in [0.5, 0.6) is 0 Å². The van der Waals surface area contributed by atoms with E-state index in [-0.39, 0.29) is 11.6 Å². The molecule has 1 aliphatic heterocycles. The number of H-pyrrole nitrogens is 1. The normalized spacial score (nSPS) is 15.7. The highest BCUT2D eigenvalue weighted by Gasteiger charge is 2.13. The molecule has 2 heterocycles. The number of carbonyl (C=O) groups is 1. The van der Waals surface area contributed by atoms with E-state index in [2.05, 4.69) is 32.5 Å². The van der Waals surface area contributed by atoms with Crippen molar-refractivity contribution in [3.05, 3.63) is 46.7 Å². The van der Waals surface area contributed by atoms with Crippen LogP contribution in [0.25, 0.3) is 0 Å². The molecule has 5 nitrogen and oxygen atoms in total. The summed E-state index contributed by atoms with van der Waals surface area (Å²) in [7, 11) is 0. The molecule has 0 unspecified atom stereocenters. The molecule has 2 aromatic rings. The Kier molecular flexibility index (Phi) is 4.75. The number of piperidine rings is 1. The molecule has 0 spiro atoms. The van der Waals surface area contributed by atoms with Gasteiger partial charge in [0.05, 0.1) is 11.2 Å². The molecule has 1 aromatic carbocycles. The first-order valence-electron chi connectivity index (χ1n) is 7.54. The van der Waals surface area contributed by atoms with Gasteiger partial charge in [-0.1, -0.05) is 30.2 Å². The number of nitrogens with zero attached hydrogens (tertiary/aromatic N) is 2. The van der Waals surface area contributed by atoms with Crippen molar-refractivity contribution in [2.24, 2.45) is 0 Å². The third-order valence-corrected chi connectivity index (χ3v) is 4.17. The number of halogens is 1. The number of hydrogen-bond donors (Lipinski definition) is 2. The average molecular weight is 319 g/mol. The van der Waals surface area contributed by atoms with Crippen LogP contribution in [0, 0.1) is 0 Å². The van der Waals surface area contributed by atoms with Crippen LogP contribution in [0.2, 0.25) is 5.02 Å². The maximum atomic E-state index is 12.0. The molecular weight excluding hydrogens is 300 g/mol. The standard InChI is InChI=1S/C16H19ClN4O/c17-14-10-18-20-15(14)16(22)19-13-6-4-12(5-7-13)11-21-8-2-1-3-9-21/h4-7,10H,1-3,8-9,11H2,(H,18,20)(H,19,22). The lowest BCUT2D eigenvalue weighted by Crippen LogP contribution is -2.29. The lowest BCUT2D eigenvalue weighted by atomic mass is 10.1. The van der Waals surface area contributed by atoms with Crippen LogP contribution in [0.1, 0.15) is 35.3 Å². The SMILES string of the molecule is O=C(Nc1ccc(CN2CCCCC2)cc1)c1[nH]ncc1Cl. The van der Waals surface area contributed by atoms with Gasteiger partial charge in [0.2, 0.25) is 0 Å². The second kappa shape index (κ2) is 6.94. The summed E-state index contributed by atoms with van der Waals surface area (Å²) in [6.07, 6.45) is 5.34. The van der Waals surface area contributed by atoms with Crippen LogP contribution in [0.4, 0.5) is 5.69 Å². The third-order valence-electron chi connectivity index (χ3n) is 3.89. The van der Waals surface area contributed by atoms with Gasteiger partial charge in [-0.2, -0.15) is 5.10 Å². The van der Waals surface area contributed by atoms with Crippen molar-refractivity contribution < 1.29 is 4.79 Å². The summed E-state index contributed by atoms with van der Waals surface area (Å²) in [4.78, 5) is 14.5. The number of aromatic amines is 1. The van der Waals surface area contributed by atoms with Crippen molar-refractivity contribution >= 4 is 23.2 Å². The molecule has 116 valence electrons. The molecule has 6 heteroatoms. The molecule has 0 aliphatic carbocycles. The highest BCUT2D eigenvalue weighted by Crippen LogP contribution is 2.17. The summed E-state index contributed by atoms with van der Waals surface area (Å²) < 4.78 is 0. The number of benzene rings is 1. The molecule has 0 bridgehead atoms. The number of aromatic nitrogens is 2. The van der Waals surface area contributed by atoms with Crippen molar-refractivity contribution in [1.82, 2.24) is 15.1 Å². The lowest BCUT2D eigenvalue weighted by molar-refractivity contribution is 0.102. The van der Waals surface area contributed by atoms with Crippen molar-refractivity contribution in [2.75, 3.05) is 18.4 Å². The number of rotatable bonds is 4. The largest absolute Gasteiger partial charge is 0.321 e. The van der Waals surface area contributed by atoms with Crippen LogP contribution in [0.15, 0.2) is 30.5 Å². The maximum absolute atomic E-state index is 12.0. The van der Waals surface area contributed by atoms with E-state index in [1.165, 1.54) is 44.1 Å². The number of carbonyl (C=O) groups excluding carboxylic acids is 1. The van der Waals surface area contributed by atoms with Crippen LogP contribution in [0.3, 0.4) is 0 Å². The van der Waals surface area contributed by atoms with Crippen LogP contribution in [-0.4, -0.2) is 34.1 Å². The Hall–Kier alpha value is -1.85. The fourth-order valence-corrected chi connectivity index (χ4v) is 2.87. The summed E-state index contributed by atoms with van der Waals surface area (Å²) in [5, 5.41) is 9.46.